The van der Waals surface area contributed by atoms with Gasteiger partial charge in [0, 0.05) is 10.5 Å². The molecule has 0 amide bonds. The fourth-order valence-electron chi connectivity index (χ4n) is 1.62. The van der Waals surface area contributed by atoms with E-state index in [1.54, 1.807) is 28.6 Å². The molecule has 0 aliphatic heterocycles. The van der Waals surface area contributed by atoms with E-state index >= 15 is 0 Å². The van der Waals surface area contributed by atoms with Gasteiger partial charge in [0.15, 0.2) is 4.34 Å². The second kappa shape index (κ2) is 6.65. The lowest BCUT2D eigenvalue weighted by Gasteiger charge is -2.21. The van der Waals surface area contributed by atoms with Gasteiger partial charge >= 0.3 is 0 Å². The topological polar surface area (TPSA) is 51.8 Å². The minimum absolute atomic E-state index is 0.105. The Labute approximate surface area is 123 Å². The predicted octanol–water partition coefficient (Wildman–Crippen LogP) is 3.87. The minimum atomic E-state index is 0.105. The molecule has 2 N–H and O–H groups in total. The van der Waals surface area contributed by atoms with Crippen molar-refractivity contribution in [1.82, 2.24) is 10.2 Å². The minimum Gasteiger partial charge on any atom is -0.326 e. The van der Waals surface area contributed by atoms with Crippen LogP contribution in [0.1, 0.15) is 24.2 Å². The highest BCUT2D eigenvalue weighted by Gasteiger charge is 2.21. The van der Waals surface area contributed by atoms with Crippen LogP contribution in [-0.4, -0.2) is 16.2 Å². The second-order valence-electron chi connectivity index (χ2n) is 3.87. The van der Waals surface area contributed by atoms with Gasteiger partial charge in [0.1, 0.15) is 5.51 Å². The number of nitrogens with two attached hydrogens (primary N) is 1. The number of benzene rings is 1. The third-order valence-electron chi connectivity index (χ3n) is 2.61. The third kappa shape index (κ3) is 3.54. The molecular formula is C12H14BrN3S2. The highest BCUT2D eigenvalue weighted by molar-refractivity contribution is 9.10. The SMILES string of the molecule is CCC(N)C(Sc1nncs1)c1cccc(Br)c1. The molecule has 0 saturated heterocycles. The van der Waals surface area contributed by atoms with Crippen LogP contribution in [-0.2, 0) is 0 Å². The van der Waals surface area contributed by atoms with Gasteiger partial charge in [-0.3, -0.25) is 0 Å². The van der Waals surface area contributed by atoms with E-state index in [0.29, 0.717) is 0 Å². The maximum absolute atomic E-state index is 6.24. The molecule has 1 aromatic carbocycles. The van der Waals surface area contributed by atoms with E-state index in [2.05, 4.69) is 45.2 Å². The summed E-state index contributed by atoms with van der Waals surface area (Å²) in [6.45, 7) is 2.11. The first-order chi connectivity index (χ1) is 8.70. The zero-order valence-corrected chi connectivity index (χ0v) is 13.1. The fraction of sp³-hybridized carbons (Fsp3) is 0.333. The van der Waals surface area contributed by atoms with Gasteiger partial charge in [-0.15, -0.1) is 10.2 Å². The van der Waals surface area contributed by atoms with Crippen molar-refractivity contribution < 1.29 is 0 Å². The number of aromatic nitrogens is 2. The molecule has 2 rings (SSSR count). The molecule has 96 valence electrons. The molecular weight excluding hydrogens is 330 g/mol. The van der Waals surface area contributed by atoms with Gasteiger partial charge in [0.05, 0.1) is 5.25 Å². The molecule has 1 heterocycles. The summed E-state index contributed by atoms with van der Waals surface area (Å²) in [7, 11) is 0. The van der Waals surface area contributed by atoms with E-state index < -0.39 is 0 Å². The molecule has 2 unspecified atom stereocenters. The summed E-state index contributed by atoms with van der Waals surface area (Å²) >= 11 is 6.74. The number of hydrogen-bond acceptors (Lipinski definition) is 5. The molecule has 0 saturated carbocycles. The number of rotatable bonds is 5. The molecule has 0 fully saturated rings. The Morgan fingerprint density at radius 3 is 2.94 bits per heavy atom. The van der Waals surface area contributed by atoms with Crippen molar-refractivity contribution in [3.05, 3.63) is 39.8 Å². The van der Waals surface area contributed by atoms with Crippen molar-refractivity contribution in [3.63, 3.8) is 0 Å². The summed E-state index contributed by atoms with van der Waals surface area (Å²) in [6, 6.07) is 8.39. The number of thioether (sulfide) groups is 1. The van der Waals surface area contributed by atoms with Gasteiger partial charge in [0.2, 0.25) is 0 Å². The lowest BCUT2D eigenvalue weighted by Crippen LogP contribution is -2.25. The van der Waals surface area contributed by atoms with Gasteiger partial charge in [-0.05, 0) is 24.1 Å². The first kappa shape index (κ1) is 14.0. The maximum Gasteiger partial charge on any atom is 0.174 e. The van der Waals surface area contributed by atoms with Gasteiger partial charge < -0.3 is 5.73 Å². The van der Waals surface area contributed by atoms with Crippen LogP contribution in [0.4, 0.5) is 0 Å². The van der Waals surface area contributed by atoms with E-state index in [4.69, 9.17) is 5.73 Å². The van der Waals surface area contributed by atoms with E-state index in [9.17, 15) is 0 Å². The molecule has 0 aliphatic rings. The Balaban J connectivity index is 2.25. The van der Waals surface area contributed by atoms with Crippen molar-refractivity contribution in [2.24, 2.45) is 5.73 Å². The molecule has 0 spiro atoms. The van der Waals surface area contributed by atoms with E-state index in [1.165, 1.54) is 5.56 Å². The Morgan fingerprint density at radius 1 is 1.50 bits per heavy atom. The molecule has 2 aromatic rings. The standard InChI is InChI=1S/C12H14BrN3S2/c1-2-10(14)11(18-12-16-15-7-17-12)8-4-3-5-9(13)6-8/h3-7,10-11H,2,14H2,1H3. The predicted molar refractivity (Wildman–Crippen MR) is 80.9 cm³/mol. The van der Waals surface area contributed by atoms with Gasteiger partial charge in [-0.2, -0.15) is 0 Å². The molecule has 0 aliphatic carbocycles. The molecule has 3 nitrogen and oxygen atoms in total. The van der Waals surface area contributed by atoms with Crippen molar-refractivity contribution in [2.45, 2.75) is 29.0 Å². The normalized spacial score (nSPS) is 14.4. The largest absolute Gasteiger partial charge is 0.326 e. The summed E-state index contributed by atoms with van der Waals surface area (Å²) in [6.07, 6.45) is 0.934. The first-order valence-electron chi connectivity index (χ1n) is 5.64. The summed E-state index contributed by atoms with van der Waals surface area (Å²) in [5, 5.41) is 8.16. The van der Waals surface area contributed by atoms with Gasteiger partial charge in [-0.25, -0.2) is 0 Å². The molecule has 0 radical (unpaired) electrons. The summed E-state index contributed by atoms with van der Waals surface area (Å²) in [5.74, 6) is 0. The lowest BCUT2D eigenvalue weighted by molar-refractivity contribution is 0.633. The molecule has 0 bridgehead atoms. The van der Waals surface area contributed by atoms with Crippen LogP contribution in [0.15, 0.2) is 38.6 Å². The van der Waals surface area contributed by atoms with Crippen LogP contribution < -0.4 is 5.73 Å². The van der Waals surface area contributed by atoms with Crippen LogP contribution in [0.25, 0.3) is 0 Å². The van der Waals surface area contributed by atoms with Crippen LogP contribution in [0.5, 0.6) is 0 Å². The highest BCUT2D eigenvalue weighted by Crippen LogP contribution is 2.39. The van der Waals surface area contributed by atoms with Crippen molar-refractivity contribution in [3.8, 4) is 0 Å². The molecule has 18 heavy (non-hydrogen) atoms. The van der Waals surface area contributed by atoms with Crippen molar-refractivity contribution >= 4 is 39.0 Å². The van der Waals surface area contributed by atoms with Crippen LogP contribution in [0, 0.1) is 0 Å². The Kier molecular flexibility index (Phi) is 5.17. The Bertz CT molecular complexity index is 490. The Hall–Kier alpha value is -0.430. The first-order valence-corrected chi connectivity index (χ1v) is 8.19. The second-order valence-corrected chi connectivity index (χ2v) is 7.01. The van der Waals surface area contributed by atoms with E-state index in [0.717, 1.165) is 15.2 Å². The van der Waals surface area contributed by atoms with Crippen molar-refractivity contribution in [1.29, 1.82) is 0 Å². The summed E-state index contributed by atoms with van der Waals surface area (Å²) in [5.41, 5.74) is 9.21. The molecule has 1 aromatic heterocycles. The lowest BCUT2D eigenvalue weighted by atomic mass is 10.0. The van der Waals surface area contributed by atoms with E-state index in [-0.39, 0.29) is 11.3 Å². The molecule has 2 atom stereocenters. The number of nitrogens with zero attached hydrogens (tertiary/aromatic N) is 2. The third-order valence-corrected chi connectivity index (χ3v) is 5.32. The highest BCUT2D eigenvalue weighted by atomic mass is 79.9. The van der Waals surface area contributed by atoms with Gasteiger partial charge in [0.25, 0.3) is 0 Å². The van der Waals surface area contributed by atoms with Crippen LogP contribution in [0.2, 0.25) is 0 Å². The molecule has 6 heteroatoms. The van der Waals surface area contributed by atoms with E-state index in [1.807, 2.05) is 12.1 Å². The summed E-state index contributed by atoms with van der Waals surface area (Å²) in [4.78, 5) is 0. The van der Waals surface area contributed by atoms with Crippen LogP contribution >= 0.6 is 39.0 Å². The fourth-order valence-corrected chi connectivity index (χ4v) is 3.94. The number of halogens is 1. The van der Waals surface area contributed by atoms with Gasteiger partial charge in [-0.1, -0.05) is 58.1 Å². The maximum atomic E-state index is 6.24. The van der Waals surface area contributed by atoms with Crippen molar-refractivity contribution in [2.75, 3.05) is 0 Å². The average Bonchev–Trinajstić information content (AvgIpc) is 2.88. The zero-order valence-electron chi connectivity index (χ0n) is 9.91. The quantitative estimate of drug-likeness (QED) is 0.837. The Morgan fingerprint density at radius 2 is 2.33 bits per heavy atom. The summed E-state index contributed by atoms with van der Waals surface area (Å²) < 4.78 is 2.04. The average molecular weight is 344 g/mol. The number of hydrogen-bond donors (Lipinski definition) is 1. The van der Waals surface area contributed by atoms with Crippen LogP contribution in [0.3, 0.4) is 0 Å². The monoisotopic (exact) mass is 343 g/mol. The zero-order chi connectivity index (χ0) is 13.0. The smallest absolute Gasteiger partial charge is 0.174 e.